The van der Waals surface area contributed by atoms with Gasteiger partial charge in [0.2, 0.25) is 0 Å². The topological polar surface area (TPSA) is 97.5 Å². The molecular formula is C14H23N3O3. The van der Waals surface area contributed by atoms with E-state index in [1.807, 2.05) is 0 Å². The maximum absolute atomic E-state index is 11.8. The van der Waals surface area contributed by atoms with E-state index in [9.17, 15) is 9.90 Å². The van der Waals surface area contributed by atoms with Crippen molar-refractivity contribution in [3.05, 3.63) is 30.1 Å². The molecule has 112 valence electrons. The van der Waals surface area contributed by atoms with Gasteiger partial charge in [0, 0.05) is 18.0 Å². The molecular weight excluding hydrogens is 258 g/mol. The molecule has 1 rings (SSSR count). The largest absolute Gasteiger partial charge is 0.444 e. The fraction of sp³-hybridized carbons (Fsp3) is 0.571. The second-order valence-corrected chi connectivity index (χ2v) is 5.56. The number of aliphatic hydroxyl groups excluding tert-OH is 1. The maximum Gasteiger partial charge on any atom is 0.407 e. The van der Waals surface area contributed by atoms with Crippen molar-refractivity contribution in [1.29, 1.82) is 0 Å². The molecule has 0 radical (unpaired) electrons. The summed E-state index contributed by atoms with van der Waals surface area (Å²) < 4.78 is 5.18. The quantitative estimate of drug-likeness (QED) is 0.757. The van der Waals surface area contributed by atoms with Crippen LogP contribution < -0.4 is 11.1 Å². The third-order valence-corrected chi connectivity index (χ3v) is 2.59. The first kappa shape index (κ1) is 16.4. The summed E-state index contributed by atoms with van der Waals surface area (Å²) in [5.74, 6) is 0. The van der Waals surface area contributed by atoms with Crippen LogP contribution in [0.4, 0.5) is 4.79 Å². The first-order valence-electron chi connectivity index (χ1n) is 6.61. The van der Waals surface area contributed by atoms with Crippen LogP contribution in [0, 0.1) is 0 Å². The normalized spacial score (nSPS) is 14.4. The number of hydrogen-bond acceptors (Lipinski definition) is 5. The molecule has 0 fully saturated rings. The van der Waals surface area contributed by atoms with E-state index in [-0.39, 0.29) is 0 Å². The van der Waals surface area contributed by atoms with Crippen molar-refractivity contribution in [3.63, 3.8) is 0 Å². The molecule has 0 aromatic carbocycles. The highest BCUT2D eigenvalue weighted by molar-refractivity contribution is 5.68. The number of rotatable bonds is 5. The lowest BCUT2D eigenvalue weighted by Crippen LogP contribution is -2.43. The van der Waals surface area contributed by atoms with Gasteiger partial charge in [0.25, 0.3) is 0 Å². The Kier molecular flexibility index (Phi) is 5.91. The summed E-state index contributed by atoms with van der Waals surface area (Å²) in [6.07, 6.45) is 2.18. The molecule has 2 atom stereocenters. The SMILES string of the molecule is CC(C)(C)OC(=O)NC(CCN)C(O)c1cccnc1. The number of amides is 1. The third-order valence-electron chi connectivity index (χ3n) is 2.59. The summed E-state index contributed by atoms with van der Waals surface area (Å²) in [6, 6.07) is 2.96. The highest BCUT2D eigenvalue weighted by atomic mass is 16.6. The first-order valence-corrected chi connectivity index (χ1v) is 6.61. The van der Waals surface area contributed by atoms with Gasteiger partial charge in [-0.05, 0) is 39.8 Å². The number of pyridine rings is 1. The Morgan fingerprint density at radius 1 is 1.55 bits per heavy atom. The van der Waals surface area contributed by atoms with Crippen molar-refractivity contribution in [1.82, 2.24) is 10.3 Å². The number of hydrogen-bond donors (Lipinski definition) is 3. The number of carbonyl (C=O) groups is 1. The standard InChI is InChI=1S/C14H23N3O3/c1-14(2,3)20-13(19)17-11(6-7-15)12(18)10-5-4-8-16-9-10/h4-5,8-9,11-12,18H,6-7,15H2,1-3H3,(H,17,19). The molecule has 20 heavy (non-hydrogen) atoms. The smallest absolute Gasteiger partial charge is 0.407 e. The van der Waals surface area contributed by atoms with Gasteiger partial charge >= 0.3 is 6.09 Å². The van der Waals surface area contributed by atoms with E-state index < -0.39 is 23.8 Å². The van der Waals surface area contributed by atoms with Crippen LogP contribution in [-0.4, -0.2) is 34.4 Å². The average Bonchev–Trinajstić information content (AvgIpc) is 2.36. The number of nitrogens with one attached hydrogen (secondary N) is 1. The molecule has 1 amide bonds. The molecule has 1 aromatic heterocycles. The molecule has 4 N–H and O–H groups in total. The average molecular weight is 281 g/mol. The summed E-state index contributed by atoms with van der Waals surface area (Å²) in [4.78, 5) is 15.7. The number of ether oxygens (including phenoxy) is 1. The van der Waals surface area contributed by atoms with Gasteiger partial charge in [0.15, 0.2) is 0 Å². The van der Waals surface area contributed by atoms with Crippen LogP contribution in [0.3, 0.4) is 0 Å². The van der Waals surface area contributed by atoms with Crippen LogP contribution in [0.15, 0.2) is 24.5 Å². The Morgan fingerprint density at radius 2 is 2.25 bits per heavy atom. The van der Waals surface area contributed by atoms with E-state index in [1.165, 1.54) is 0 Å². The van der Waals surface area contributed by atoms with Crippen LogP contribution >= 0.6 is 0 Å². The molecule has 0 aliphatic carbocycles. The van der Waals surface area contributed by atoms with E-state index in [0.717, 1.165) is 0 Å². The Bertz CT molecular complexity index is 417. The van der Waals surface area contributed by atoms with Gasteiger partial charge in [-0.15, -0.1) is 0 Å². The number of carbonyl (C=O) groups excluding carboxylic acids is 1. The molecule has 1 aromatic rings. The van der Waals surface area contributed by atoms with E-state index >= 15 is 0 Å². The molecule has 0 aliphatic heterocycles. The molecule has 1 heterocycles. The number of nitrogens with two attached hydrogens (primary N) is 1. The van der Waals surface area contributed by atoms with Crippen LogP contribution in [0.25, 0.3) is 0 Å². The monoisotopic (exact) mass is 281 g/mol. The summed E-state index contributed by atoms with van der Waals surface area (Å²) >= 11 is 0. The van der Waals surface area contributed by atoms with Gasteiger partial charge in [-0.1, -0.05) is 6.07 Å². The zero-order chi connectivity index (χ0) is 15.2. The van der Waals surface area contributed by atoms with E-state index in [2.05, 4.69) is 10.3 Å². The molecule has 0 saturated carbocycles. The molecule has 6 heteroatoms. The first-order chi connectivity index (χ1) is 9.33. The number of aliphatic hydroxyl groups is 1. The predicted octanol–water partition coefficient (Wildman–Crippen LogP) is 1.36. The predicted molar refractivity (Wildman–Crippen MR) is 76.0 cm³/mol. The minimum absolute atomic E-state index is 0.345. The van der Waals surface area contributed by atoms with Crippen LogP contribution in [0.1, 0.15) is 38.9 Å². The maximum atomic E-state index is 11.8. The number of nitrogens with zero attached hydrogens (tertiary/aromatic N) is 1. The number of alkyl carbamates (subject to hydrolysis) is 1. The Balaban J connectivity index is 2.71. The Morgan fingerprint density at radius 3 is 2.75 bits per heavy atom. The summed E-state index contributed by atoms with van der Waals surface area (Å²) in [5, 5.41) is 12.9. The minimum atomic E-state index is -0.875. The van der Waals surface area contributed by atoms with Crippen molar-refractivity contribution in [2.24, 2.45) is 5.73 Å². The van der Waals surface area contributed by atoms with Gasteiger partial charge in [-0.2, -0.15) is 0 Å². The molecule has 6 nitrogen and oxygen atoms in total. The van der Waals surface area contributed by atoms with Gasteiger partial charge < -0.3 is 20.9 Å². The van der Waals surface area contributed by atoms with Crippen molar-refractivity contribution < 1.29 is 14.6 Å². The van der Waals surface area contributed by atoms with Crippen LogP contribution in [-0.2, 0) is 4.74 Å². The Hall–Kier alpha value is -1.66. The fourth-order valence-corrected chi connectivity index (χ4v) is 1.73. The highest BCUT2D eigenvalue weighted by Crippen LogP contribution is 2.18. The number of aromatic nitrogens is 1. The van der Waals surface area contributed by atoms with Gasteiger partial charge in [-0.3, -0.25) is 4.98 Å². The van der Waals surface area contributed by atoms with Crippen LogP contribution in [0.2, 0.25) is 0 Å². The van der Waals surface area contributed by atoms with Gasteiger partial charge in [0.05, 0.1) is 6.04 Å². The second-order valence-electron chi connectivity index (χ2n) is 5.56. The van der Waals surface area contributed by atoms with E-state index in [0.29, 0.717) is 18.5 Å². The summed E-state index contributed by atoms with van der Waals surface area (Å²) in [7, 11) is 0. The zero-order valence-corrected chi connectivity index (χ0v) is 12.2. The lowest BCUT2D eigenvalue weighted by molar-refractivity contribution is 0.0415. The molecule has 0 bridgehead atoms. The van der Waals surface area contributed by atoms with Crippen molar-refractivity contribution >= 4 is 6.09 Å². The summed E-state index contributed by atoms with van der Waals surface area (Å²) in [5.41, 5.74) is 5.57. The zero-order valence-electron chi connectivity index (χ0n) is 12.2. The van der Waals surface area contributed by atoms with Crippen LogP contribution in [0.5, 0.6) is 0 Å². The minimum Gasteiger partial charge on any atom is -0.444 e. The molecule has 0 aliphatic rings. The molecule has 0 saturated heterocycles. The van der Waals surface area contributed by atoms with Crippen molar-refractivity contribution in [2.75, 3.05) is 6.54 Å². The van der Waals surface area contributed by atoms with Gasteiger partial charge in [0.1, 0.15) is 11.7 Å². The lowest BCUT2D eigenvalue weighted by atomic mass is 10.0. The lowest BCUT2D eigenvalue weighted by Gasteiger charge is -2.26. The fourth-order valence-electron chi connectivity index (χ4n) is 1.73. The third kappa shape index (κ3) is 5.54. The van der Waals surface area contributed by atoms with Crippen molar-refractivity contribution in [2.45, 2.75) is 44.9 Å². The molecule has 0 spiro atoms. The highest BCUT2D eigenvalue weighted by Gasteiger charge is 2.25. The molecule has 2 unspecified atom stereocenters. The second kappa shape index (κ2) is 7.21. The van der Waals surface area contributed by atoms with Crippen molar-refractivity contribution in [3.8, 4) is 0 Å². The Labute approximate surface area is 119 Å². The van der Waals surface area contributed by atoms with E-state index in [1.54, 1.807) is 45.3 Å². The van der Waals surface area contributed by atoms with Gasteiger partial charge in [-0.25, -0.2) is 4.79 Å². The summed E-state index contributed by atoms with van der Waals surface area (Å²) in [6.45, 7) is 5.68. The van der Waals surface area contributed by atoms with E-state index in [4.69, 9.17) is 10.5 Å².